The Labute approximate surface area is 76.4 Å². The topological polar surface area (TPSA) is 50.1 Å². The number of hydrazine groups is 1. The van der Waals surface area contributed by atoms with Crippen molar-refractivity contribution in [2.75, 3.05) is 5.31 Å². The van der Waals surface area contributed by atoms with Gasteiger partial charge in [0.2, 0.25) is 0 Å². The first-order chi connectivity index (χ1) is 7.04. The largest absolute Gasteiger partial charge is 0.332 e. The van der Waals surface area contributed by atoms with E-state index >= 15 is 0 Å². The Morgan fingerprint density at radius 2 is 2.27 bits per heavy atom. The molecule has 0 aliphatic rings. The highest BCUT2D eigenvalue weighted by Crippen LogP contribution is 2.03. The predicted octanol–water partition coefficient (Wildman–Crippen LogP) is 0.847. The number of para-hydroxylation sites is 1. The van der Waals surface area contributed by atoms with Crippen molar-refractivity contribution in [3.63, 3.8) is 0 Å². The summed E-state index contributed by atoms with van der Waals surface area (Å²) in [6.45, 7) is 0. The van der Waals surface area contributed by atoms with Crippen LogP contribution in [0.1, 0.15) is 0 Å². The third-order valence-corrected chi connectivity index (χ3v) is 1.24. The molecule has 3 nitrogen and oxygen atoms in total. The van der Waals surface area contributed by atoms with Crippen molar-refractivity contribution in [1.82, 2.24) is 5.42 Å². The summed E-state index contributed by atoms with van der Waals surface area (Å²) in [5.74, 6) is -0.00713. The number of nitrogens with one attached hydrogen (secondary N) is 2. The van der Waals surface area contributed by atoms with Crippen molar-refractivity contribution >= 4 is 23.0 Å². The van der Waals surface area contributed by atoms with E-state index in [4.69, 9.17) is 17.9 Å². The van der Waals surface area contributed by atoms with Gasteiger partial charge in [-0.15, -0.1) is 0 Å². The Morgan fingerprint density at radius 1 is 1.55 bits per heavy atom. The molecule has 0 unspecified atom stereocenters. The number of benzene rings is 1. The lowest BCUT2D eigenvalue weighted by molar-refractivity contribution is 1.04. The van der Waals surface area contributed by atoms with Gasteiger partial charge >= 0.3 is 0 Å². The first kappa shape index (κ1) is 4.04. The van der Waals surface area contributed by atoms with Gasteiger partial charge in [-0.1, -0.05) is 18.2 Å². The molecular formula is C7H9N3S. The number of anilines is 1. The molecule has 1 aromatic rings. The van der Waals surface area contributed by atoms with Gasteiger partial charge in [-0.3, -0.25) is 0 Å². The van der Waals surface area contributed by atoms with Gasteiger partial charge in [0.1, 0.15) is 2.82 Å². The van der Waals surface area contributed by atoms with Crippen molar-refractivity contribution in [3.05, 3.63) is 30.3 Å². The molecule has 11 heavy (non-hydrogen) atoms. The zero-order chi connectivity index (χ0) is 11.4. The van der Waals surface area contributed by atoms with Crippen LogP contribution in [0.3, 0.4) is 0 Å². The highest BCUT2D eigenvalue weighted by molar-refractivity contribution is 7.80. The lowest BCUT2D eigenvalue weighted by Gasteiger charge is -2.04. The molecular weight excluding hydrogens is 158 g/mol. The molecule has 1 rings (SSSR count). The quantitative estimate of drug-likeness (QED) is 0.351. The van der Waals surface area contributed by atoms with Crippen LogP contribution in [0, 0.1) is 0 Å². The fraction of sp³-hybridized carbons (Fsp3) is 0. The van der Waals surface area contributed by atoms with Crippen LogP contribution in [0.15, 0.2) is 30.3 Å². The minimum atomic E-state index is -0.272. The lowest BCUT2D eigenvalue weighted by Crippen LogP contribution is -2.34. The van der Waals surface area contributed by atoms with E-state index < -0.39 is 0 Å². The second kappa shape index (κ2) is 3.90. The second-order valence-electron chi connectivity index (χ2n) is 1.83. The van der Waals surface area contributed by atoms with Crippen LogP contribution in [-0.2, 0) is 0 Å². The summed E-state index contributed by atoms with van der Waals surface area (Å²) in [4.78, 5) is 0. The van der Waals surface area contributed by atoms with Gasteiger partial charge in [-0.25, -0.2) is 5.83 Å². The van der Waals surface area contributed by atoms with Gasteiger partial charge < -0.3 is 10.7 Å². The maximum atomic E-state index is 7.58. The summed E-state index contributed by atoms with van der Waals surface area (Å²) in [5, 5.41) is 0.532. The summed E-state index contributed by atoms with van der Waals surface area (Å²) in [7, 11) is 0. The first-order valence-electron chi connectivity index (χ1n) is 4.77. The number of thiocarbonyl (C=S) groups is 1. The average molecular weight is 171 g/mol. The molecule has 0 saturated carbocycles. The second-order valence-corrected chi connectivity index (χ2v) is 2.20. The van der Waals surface area contributed by atoms with E-state index in [2.05, 4.69) is 0 Å². The van der Waals surface area contributed by atoms with Gasteiger partial charge in [0, 0.05) is 5.69 Å². The lowest BCUT2D eigenvalue weighted by atomic mass is 10.3. The van der Waals surface area contributed by atoms with Crippen LogP contribution in [0.4, 0.5) is 5.69 Å². The van der Waals surface area contributed by atoms with Crippen LogP contribution in [0.25, 0.3) is 0 Å². The molecule has 0 heterocycles. The van der Waals surface area contributed by atoms with E-state index in [1.807, 2.05) is 0 Å². The van der Waals surface area contributed by atoms with E-state index in [0.29, 0.717) is 11.1 Å². The highest BCUT2D eigenvalue weighted by atomic mass is 32.1. The van der Waals surface area contributed by atoms with Gasteiger partial charge in [-0.2, -0.15) is 0 Å². The van der Waals surface area contributed by atoms with Crippen molar-refractivity contribution < 1.29 is 5.65 Å². The van der Waals surface area contributed by atoms with Gasteiger partial charge in [-0.05, 0) is 24.4 Å². The molecule has 0 radical (unpaired) electrons. The molecule has 0 aliphatic carbocycles. The first-order valence-corrected chi connectivity index (χ1v) is 3.39. The SMILES string of the molecule is [2H]N(C(=S)N([2H])N([2H])[2H])c1ccccc1. The molecule has 0 saturated heterocycles. The molecule has 0 atom stereocenters. The Kier molecular flexibility index (Phi) is 1.43. The molecule has 0 spiro atoms. The zero-order valence-corrected chi connectivity index (χ0v) is 6.45. The van der Waals surface area contributed by atoms with Crippen molar-refractivity contribution in [2.24, 2.45) is 5.83 Å². The van der Waals surface area contributed by atoms with Crippen LogP contribution in [0.2, 0.25) is 5.65 Å². The molecule has 4 heteroatoms. The van der Waals surface area contributed by atoms with Gasteiger partial charge in [0.05, 0.1) is 0 Å². The van der Waals surface area contributed by atoms with E-state index in [1.54, 1.807) is 30.3 Å². The zero-order valence-electron chi connectivity index (χ0n) is 9.64. The number of nitrogens with two attached hydrogens (primary N) is 1. The van der Waals surface area contributed by atoms with Crippen molar-refractivity contribution in [3.8, 4) is 0 Å². The number of hydrogen-bond donors (Lipinski definition) is 3. The van der Waals surface area contributed by atoms with Gasteiger partial charge in [0.25, 0.3) is 0 Å². The molecule has 0 fully saturated rings. The summed E-state index contributed by atoms with van der Waals surface area (Å²) in [5.41, 5.74) is 0.789. The Bertz CT molecular complexity index is 334. The van der Waals surface area contributed by atoms with Crippen molar-refractivity contribution in [2.45, 2.75) is 0 Å². The summed E-state index contributed by atoms with van der Waals surface area (Å²) in [6, 6.07) is 8.54. The van der Waals surface area contributed by atoms with Crippen LogP contribution in [-0.4, -0.2) is 5.11 Å². The van der Waals surface area contributed by atoms with Crippen LogP contribution in [0.5, 0.6) is 0 Å². The van der Waals surface area contributed by atoms with E-state index in [-0.39, 0.29) is 10.9 Å². The third-order valence-electron chi connectivity index (χ3n) is 1.07. The van der Waals surface area contributed by atoms with E-state index in [1.165, 1.54) is 0 Å². The maximum absolute atomic E-state index is 7.58. The molecule has 1 aromatic carbocycles. The Balaban J connectivity index is 2.78. The monoisotopic (exact) mass is 171 g/mol. The van der Waals surface area contributed by atoms with Crippen molar-refractivity contribution in [1.29, 1.82) is 0 Å². The van der Waals surface area contributed by atoms with E-state index in [0.717, 1.165) is 5.31 Å². The standard InChI is InChI=1S/C7H9N3S/c8-10-7(11)9-6-4-2-1-3-5-6/h1-5H,8H2,(H2,9,10,11)/i/hD4. The molecule has 4 N–H and O–H groups in total. The Hall–Kier alpha value is -1.13. The molecule has 0 bridgehead atoms. The minimum absolute atomic E-state index is 0.00713. The highest BCUT2D eigenvalue weighted by Gasteiger charge is 1.90. The summed E-state index contributed by atoms with van der Waals surface area (Å²) >= 11 is 4.75. The molecule has 0 amide bonds. The normalized spacial score (nSPS) is 14.3. The average Bonchev–Trinajstić information content (AvgIpc) is 2.27. The summed E-state index contributed by atoms with van der Waals surface area (Å²) < 4.78 is 28.4. The fourth-order valence-electron chi connectivity index (χ4n) is 0.635. The number of hydrogen-bond acceptors (Lipinski definition) is 2. The Morgan fingerprint density at radius 3 is 2.91 bits per heavy atom. The van der Waals surface area contributed by atoms with E-state index in [9.17, 15) is 0 Å². The smallest absolute Gasteiger partial charge is 0.185 e. The molecule has 0 aliphatic heterocycles. The van der Waals surface area contributed by atoms with Crippen LogP contribution >= 0.6 is 12.2 Å². The maximum Gasteiger partial charge on any atom is 0.185 e. The summed E-state index contributed by atoms with van der Waals surface area (Å²) in [6.07, 6.45) is 0. The molecule has 58 valence electrons. The minimum Gasteiger partial charge on any atom is -0.332 e. The van der Waals surface area contributed by atoms with Gasteiger partial charge in [0.15, 0.2) is 7.94 Å². The fourth-order valence-corrected chi connectivity index (χ4v) is 0.741. The molecule has 0 aromatic heterocycles. The predicted molar refractivity (Wildman–Crippen MR) is 50.0 cm³/mol. The third kappa shape index (κ3) is 2.53. The van der Waals surface area contributed by atoms with Crippen LogP contribution < -0.4 is 16.6 Å². The number of rotatable bonds is 2.